The highest BCUT2D eigenvalue weighted by Crippen LogP contribution is 2.02. The van der Waals surface area contributed by atoms with E-state index in [1.807, 2.05) is 12.1 Å². The first-order chi connectivity index (χ1) is 5.16. The number of nitriles is 1. The molecule has 0 saturated carbocycles. The Morgan fingerprint density at radius 2 is 2.45 bits per heavy atom. The van der Waals surface area contributed by atoms with E-state index in [1.165, 1.54) is 0 Å². The van der Waals surface area contributed by atoms with Gasteiger partial charge in [0, 0.05) is 0 Å². The van der Waals surface area contributed by atoms with Gasteiger partial charge >= 0.3 is 0 Å². The van der Waals surface area contributed by atoms with Crippen LogP contribution in [-0.2, 0) is 0 Å². The second kappa shape index (κ2) is 6.14. The van der Waals surface area contributed by atoms with Gasteiger partial charge in [0.25, 0.3) is 0 Å². The van der Waals surface area contributed by atoms with Crippen LogP contribution in [-0.4, -0.2) is 11.2 Å². The summed E-state index contributed by atoms with van der Waals surface area (Å²) in [5.41, 5.74) is 0. The largest absolute Gasteiger partial charge is 0.393 e. The molecule has 2 nitrogen and oxygen atoms in total. The molecule has 0 saturated heterocycles. The summed E-state index contributed by atoms with van der Waals surface area (Å²) >= 11 is 3.03. The first-order valence-corrected chi connectivity index (χ1v) is 4.06. The highest BCUT2D eigenvalue weighted by atomic mass is 79.9. The number of hydrogen-bond donors (Lipinski definition) is 1. The molecule has 3 heteroatoms. The first kappa shape index (κ1) is 10.4. The predicted octanol–water partition coefficient (Wildman–Crippen LogP) is 2.12. The summed E-state index contributed by atoms with van der Waals surface area (Å²) < 4.78 is 0.486. The molecule has 0 spiro atoms. The minimum Gasteiger partial charge on any atom is -0.393 e. The molecule has 0 aromatic heterocycles. The number of allylic oxidation sites excluding steroid dienone is 3. The molecule has 0 aromatic rings. The minimum absolute atomic E-state index is 0.319. The van der Waals surface area contributed by atoms with Crippen LogP contribution in [0.2, 0.25) is 0 Å². The quantitative estimate of drug-likeness (QED) is 0.580. The fraction of sp³-hybridized carbons (Fsp3) is 0.375. The molecule has 0 aliphatic carbocycles. The molecule has 1 N–H and O–H groups in total. The summed E-state index contributed by atoms with van der Waals surface area (Å²) in [4.78, 5) is 0. The van der Waals surface area contributed by atoms with Crippen LogP contribution in [0.25, 0.3) is 0 Å². The highest BCUT2D eigenvalue weighted by Gasteiger charge is 1.87. The lowest BCUT2D eigenvalue weighted by atomic mass is 10.2. The third-order valence-electron chi connectivity index (χ3n) is 0.963. The molecule has 1 atom stereocenters. The van der Waals surface area contributed by atoms with Crippen molar-refractivity contribution in [1.29, 1.82) is 5.26 Å². The second-order valence-electron chi connectivity index (χ2n) is 2.14. The van der Waals surface area contributed by atoms with Gasteiger partial charge in [-0.3, -0.25) is 0 Å². The lowest BCUT2D eigenvalue weighted by Gasteiger charge is -1.94. The van der Waals surface area contributed by atoms with Crippen molar-refractivity contribution in [3.8, 4) is 6.07 Å². The van der Waals surface area contributed by atoms with Crippen LogP contribution in [0.3, 0.4) is 0 Å². The standard InChI is InChI=1S/C8H10BrNO/c1-7(11)4-2-3-5-8(9)6-10/h2-3,5,7,11H,4H2,1H3/b3-2+,8-5-. The SMILES string of the molecule is CC(O)C/C=C/C=C(\Br)C#N. The van der Waals surface area contributed by atoms with Crippen LogP contribution >= 0.6 is 15.9 Å². The normalized spacial score (nSPS) is 14.9. The Balaban J connectivity index is 3.70. The Bertz CT molecular complexity index is 201. The number of rotatable bonds is 3. The molecule has 11 heavy (non-hydrogen) atoms. The van der Waals surface area contributed by atoms with Gasteiger partial charge < -0.3 is 5.11 Å². The van der Waals surface area contributed by atoms with Crippen molar-refractivity contribution in [2.24, 2.45) is 0 Å². The fourth-order valence-corrected chi connectivity index (χ4v) is 0.618. The number of nitrogens with zero attached hydrogens (tertiary/aromatic N) is 1. The van der Waals surface area contributed by atoms with E-state index in [0.717, 1.165) is 0 Å². The lowest BCUT2D eigenvalue weighted by Crippen LogP contribution is -1.94. The maximum absolute atomic E-state index is 8.83. The highest BCUT2D eigenvalue weighted by molar-refractivity contribution is 9.12. The zero-order valence-corrected chi connectivity index (χ0v) is 7.87. The predicted molar refractivity (Wildman–Crippen MR) is 48.1 cm³/mol. The van der Waals surface area contributed by atoms with E-state index in [2.05, 4.69) is 15.9 Å². The van der Waals surface area contributed by atoms with Gasteiger partial charge in [0.1, 0.15) is 6.07 Å². The summed E-state index contributed by atoms with van der Waals surface area (Å²) in [7, 11) is 0. The van der Waals surface area contributed by atoms with Crippen LogP contribution in [0.4, 0.5) is 0 Å². The molecule has 1 unspecified atom stereocenters. The Kier molecular flexibility index (Phi) is 5.81. The van der Waals surface area contributed by atoms with Crippen molar-refractivity contribution in [1.82, 2.24) is 0 Å². The number of aliphatic hydroxyl groups is 1. The minimum atomic E-state index is -0.319. The average molecular weight is 216 g/mol. The molecular formula is C8H10BrNO. The fourth-order valence-electron chi connectivity index (χ4n) is 0.465. The van der Waals surface area contributed by atoms with Crippen LogP contribution < -0.4 is 0 Å². The van der Waals surface area contributed by atoms with Gasteiger partial charge in [-0.2, -0.15) is 5.26 Å². The van der Waals surface area contributed by atoms with Gasteiger partial charge in [0.15, 0.2) is 0 Å². The summed E-state index contributed by atoms with van der Waals surface area (Å²) in [6, 6.07) is 1.92. The summed E-state index contributed by atoms with van der Waals surface area (Å²) in [6.45, 7) is 1.72. The Morgan fingerprint density at radius 3 is 2.91 bits per heavy atom. The van der Waals surface area contributed by atoms with Crippen LogP contribution in [0.5, 0.6) is 0 Å². The van der Waals surface area contributed by atoms with E-state index in [4.69, 9.17) is 10.4 Å². The van der Waals surface area contributed by atoms with Gasteiger partial charge in [-0.25, -0.2) is 0 Å². The summed E-state index contributed by atoms with van der Waals surface area (Å²) in [6.07, 6.45) is 5.48. The maximum atomic E-state index is 8.83. The van der Waals surface area contributed by atoms with Gasteiger partial charge in [-0.1, -0.05) is 12.2 Å². The van der Waals surface area contributed by atoms with Gasteiger partial charge in [0.05, 0.1) is 10.6 Å². The molecule has 60 valence electrons. The zero-order chi connectivity index (χ0) is 8.69. The Labute approximate surface area is 75.0 Å². The molecule has 0 aliphatic rings. The Hall–Kier alpha value is -0.590. The van der Waals surface area contributed by atoms with E-state index in [9.17, 15) is 0 Å². The Morgan fingerprint density at radius 1 is 1.82 bits per heavy atom. The third-order valence-corrected chi connectivity index (χ3v) is 1.40. The summed E-state index contributed by atoms with van der Waals surface area (Å²) in [5, 5.41) is 17.1. The number of halogens is 1. The average Bonchev–Trinajstić information content (AvgIpc) is 1.97. The molecule has 0 aliphatic heterocycles. The molecule has 0 amide bonds. The zero-order valence-electron chi connectivity index (χ0n) is 6.29. The van der Waals surface area contributed by atoms with Crippen molar-refractivity contribution in [2.75, 3.05) is 0 Å². The molecule has 0 bridgehead atoms. The van der Waals surface area contributed by atoms with Crippen LogP contribution in [0, 0.1) is 11.3 Å². The summed E-state index contributed by atoms with van der Waals surface area (Å²) in [5.74, 6) is 0. The lowest BCUT2D eigenvalue weighted by molar-refractivity contribution is 0.198. The smallest absolute Gasteiger partial charge is 0.107 e. The van der Waals surface area contributed by atoms with E-state index >= 15 is 0 Å². The maximum Gasteiger partial charge on any atom is 0.107 e. The van der Waals surface area contributed by atoms with Crippen molar-refractivity contribution in [3.05, 3.63) is 22.7 Å². The van der Waals surface area contributed by atoms with Crippen molar-refractivity contribution in [3.63, 3.8) is 0 Å². The van der Waals surface area contributed by atoms with Crippen LogP contribution in [0.1, 0.15) is 13.3 Å². The number of aliphatic hydroxyl groups excluding tert-OH is 1. The topological polar surface area (TPSA) is 44.0 Å². The van der Waals surface area contributed by atoms with E-state index < -0.39 is 0 Å². The van der Waals surface area contributed by atoms with E-state index in [1.54, 1.807) is 19.1 Å². The monoisotopic (exact) mass is 215 g/mol. The third kappa shape index (κ3) is 7.31. The van der Waals surface area contributed by atoms with Gasteiger partial charge in [-0.05, 0) is 35.4 Å². The second-order valence-corrected chi connectivity index (χ2v) is 2.99. The molecule has 0 heterocycles. The van der Waals surface area contributed by atoms with Gasteiger partial charge in [-0.15, -0.1) is 0 Å². The first-order valence-electron chi connectivity index (χ1n) is 3.27. The molecule has 0 rings (SSSR count). The molecule has 0 aromatic carbocycles. The van der Waals surface area contributed by atoms with Crippen molar-refractivity contribution >= 4 is 15.9 Å². The van der Waals surface area contributed by atoms with Gasteiger partial charge in [0.2, 0.25) is 0 Å². The molecule has 0 fully saturated rings. The molecular weight excluding hydrogens is 206 g/mol. The van der Waals surface area contributed by atoms with Crippen LogP contribution in [0.15, 0.2) is 22.7 Å². The molecule has 0 radical (unpaired) electrons. The van der Waals surface area contributed by atoms with Crippen molar-refractivity contribution < 1.29 is 5.11 Å². The van der Waals surface area contributed by atoms with E-state index in [-0.39, 0.29) is 6.10 Å². The van der Waals surface area contributed by atoms with E-state index in [0.29, 0.717) is 10.9 Å². The number of hydrogen-bond acceptors (Lipinski definition) is 2. The van der Waals surface area contributed by atoms with Crippen molar-refractivity contribution in [2.45, 2.75) is 19.4 Å².